The topological polar surface area (TPSA) is 114 Å². The Morgan fingerprint density at radius 2 is 2.00 bits per heavy atom. The van der Waals surface area contributed by atoms with Gasteiger partial charge in [-0.15, -0.1) is 0 Å². The Balaban J connectivity index is 2.45. The summed E-state index contributed by atoms with van der Waals surface area (Å²) < 4.78 is 7.31. The number of hydrogen-bond acceptors (Lipinski definition) is 6. The largest absolute Gasteiger partial charge is 0.394 e. The first kappa shape index (κ1) is 14.9. The predicted octanol–water partition coefficient (Wildman–Crippen LogP) is -1.97. The first-order chi connectivity index (χ1) is 9.51. The number of rotatable bonds is 4. The Morgan fingerprint density at radius 3 is 2.55 bits per heavy atom. The second kappa shape index (κ2) is 5.88. The van der Waals surface area contributed by atoms with Crippen LogP contribution in [0.25, 0.3) is 0 Å². The van der Waals surface area contributed by atoms with Crippen molar-refractivity contribution in [2.24, 2.45) is 0 Å². The maximum absolute atomic E-state index is 12.2. The minimum Gasteiger partial charge on any atom is -0.394 e. The van der Waals surface area contributed by atoms with E-state index in [2.05, 4.69) is 0 Å². The van der Waals surface area contributed by atoms with Gasteiger partial charge in [-0.25, -0.2) is 9.36 Å². The number of nitrogens with zero attached hydrogens (tertiary/aromatic N) is 2. The molecule has 0 radical (unpaired) electrons. The lowest BCUT2D eigenvalue weighted by Gasteiger charge is -2.17. The van der Waals surface area contributed by atoms with Gasteiger partial charge in [-0.05, 0) is 6.42 Å². The van der Waals surface area contributed by atoms with Crippen molar-refractivity contribution in [3.05, 3.63) is 33.1 Å². The van der Waals surface area contributed by atoms with Gasteiger partial charge in [-0.3, -0.25) is 4.79 Å². The van der Waals surface area contributed by atoms with E-state index < -0.39 is 42.4 Å². The van der Waals surface area contributed by atoms with Gasteiger partial charge in [0.2, 0.25) is 0 Å². The van der Waals surface area contributed by atoms with Gasteiger partial charge >= 0.3 is 5.69 Å². The summed E-state index contributed by atoms with van der Waals surface area (Å²) in [6.07, 6.45) is -3.04. The summed E-state index contributed by atoms with van der Waals surface area (Å²) in [6, 6.07) is 1.20. The van der Waals surface area contributed by atoms with E-state index in [1.54, 1.807) is 0 Å². The molecule has 3 N–H and O–H groups in total. The second-order valence-electron chi connectivity index (χ2n) is 4.73. The Labute approximate surface area is 114 Å². The third-order valence-corrected chi connectivity index (χ3v) is 3.32. The van der Waals surface area contributed by atoms with Crippen LogP contribution in [0.4, 0.5) is 0 Å². The number of aliphatic hydroxyl groups is 3. The Bertz CT molecular complexity index is 580. The molecular formula is C12H18N2O6. The molecule has 8 heteroatoms. The first-order valence-electron chi connectivity index (χ1n) is 6.45. The minimum absolute atomic E-state index is 0.425. The molecule has 1 aliphatic rings. The molecule has 8 nitrogen and oxygen atoms in total. The van der Waals surface area contributed by atoms with Gasteiger partial charge < -0.3 is 24.6 Å². The monoisotopic (exact) mass is 286 g/mol. The highest BCUT2D eigenvalue weighted by Gasteiger charge is 2.44. The minimum atomic E-state index is -1.45. The average molecular weight is 286 g/mol. The van der Waals surface area contributed by atoms with Gasteiger partial charge in [-0.1, -0.05) is 6.92 Å². The van der Waals surface area contributed by atoms with Crippen molar-refractivity contribution in [2.45, 2.75) is 44.4 Å². The molecule has 1 aliphatic heterocycles. The summed E-state index contributed by atoms with van der Waals surface area (Å²) in [7, 11) is 0. The lowest BCUT2D eigenvalue weighted by atomic mass is 10.1. The quantitative estimate of drug-likeness (QED) is 0.592. The van der Waals surface area contributed by atoms with Crippen LogP contribution in [0.5, 0.6) is 0 Å². The van der Waals surface area contributed by atoms with Crippen molar-refractivity contribution in [2.75, 3.05) is 6.61 Å². The number of ether oxygens (including phenoxy) is 1. The van der Waals surface area contributed by atoms with E-state index in [4.69, 9.17) is 9.84 Å². The first-order valence-corrected chi connectivity index (χ1v) is 6.45. The third-order valence-electron chi connectivity index (χ3n) is 3.32. The van der Waals surface area contributed by atoms with Crippen LogP contribution in [-0.4, -0.2) is 49.4 Å². The van der Waals surface area contributed by atoms with Gasteiger partial charge in [0.25, 0.3) is 5.56 Å². The van der Waals surface area contributed by atoms with Crippen molar-refractivity contribution in [3.8, 4) is 0 Å². The van der Waals surface area contributed by atoms with E-state index in [-0.39, 0.29) is 0 Å². The lowest BCUT2D eigenvalue weighted by Crippen LogP contribution is -2.45. The van der Waals surface area contributed by atoms with Crippen LogP contribution >= 0.6 is 0 Å². The van der Waals surface area contributed by atoms with Crippen LogP contribution < -0.4 is 11.2 Å². The Morgan fingerprint density at radius 1 is 1.30 bits per heavy atom. The standard InChI is InChI=1S/C12H18N2O6/c1-2-4-13-5-3-8(16)14(12(13)19)11-10(18)9(17)7(6-15)20-11/h3,5,7,9-11,15,17-18H,2,4,6H2,1H3/t7-,9+,10-,11-/m1/s1. The van der Waals surface area contributed by atoms with E-state index in [1.165, 1.54) is 16.8 Å². The van der Waals surface area contributed by atoms with E-state index >= 15 is 0 Å². The predicted molar refractivity (Wildman–Crippen MR) is 68.3 cm³/mol. The molecule has 0 bridgehead atoms. The number of aryl methyl sites for hydroxylation is 1. The van der Waals surface area contributed by atoms with Crippen LogP contribution in [-0.2, 0) is 11.3 Å². The Hall–Kier alpha value is -1.48. The second-order valence-corrected chi connectivity index (χ2v) is 4.73. The molecule has 2 rings (SSSR count). The van der Waals surface area contributed by atoms with Crippen molar-refractivity contribution >= 4 is 0 Å². The molecule has 0 aliphatic carbocycles. The summed E-state index contributed by atoms with van der Waals surface area (Å²) in [5, 5.41) is 28.6. The summed E-state index contributed by atoms with van der Waals surface area (Å²) >= 11 is 0. The zero-order valence-corrected chi connectivity index (χ0v) is 11.0. The Kier molecular flexibility index (Phi) is 4.39. The van der Waals surface area contributed by atoms with Crippen LogP contribution in [0, 0.1) is 0 Å². The summed E-state index contributed by atoms with van der Waals surface area (Å²) in [4.78, 5) is 24.0. The van der Waals surface area contributed by atoms with Crippen molar-refractivity contribution in [1.82, 2.24) is 9.13 Å². The highest BCUT2D eigenvalue weighted by atomic mass is 16.6. The van der Waals surface area contributed by atoms with Gasteiger partial charge in [0.1, 0.15) is 18.3 Å². The van der Waals surface area contributed by atoms with E-state index in [0.29, 0.717) is 13.0 Å². The maximum Gasteiger partial charge on any atom is 0.333 e. The SMILES string of the molecule is CCCn1ccc(=O)n([C@@H]2O[C@H](CO)[C@H](O)[C@H]2O)c1=O. The summed E-state index contributed by atoms with van der Waals surface area (Å²) in [5.41, 5.74) is -1.24. The summed E-state index contributed by atoms with van der Waals surface area (Å²) in [5.74, 6) is 0. The van der Waals surface area contributed by atoms with E-state index in [9.17, 15) is 19.8 Å². The van der Waals surface area contributed by atoms with E-state index in [0.717, 1.165) is 4.57 Å². The van der Waals surface area contributed by atoms with E-state index in [1.807, 2.05) is 6.92 Å². The highest BCUT2D eigenvalue weighted by molar-refractivity contribution is 4.94. The van der Waals surface area contributed by atoms with Crippen molar-refractivity contribution < 1.29 is 20.1 Å². The fraction of sp³-hybridized carbons (Fsp3) is 0.667. The van der Waals surface area contributed by atoms with Crippen LogP contribution in [0.1, 0.15) is 19.6 Å². The zero-order chi connectivity index (χ0) is 14.9. The van der Waals surface area contributed by atoms with Gasteiger partial charge in [0.15, 0.2) is 6.23 Å². The molecule has 0 aromatic carbocycles. The van der Waals surface area contributed by atoms with Gasteiger partial charge in [0, 0.05) is 18.8 Å². The molecule has 1 aromatic heterocycles. The fourth-order valence-electron chi connectivity index (χ4n) is 2.27. The molecule has 0 unspecified atom stereocenters. The molecule has 1 fully saturated rings. The zero-order valence-electron chi connectivity index (χ0n) is 11.0. The number of aliphatic hydroxyl groups excluding tert-OH is 3. The molecule has 20 heavy (non-hydrogen) atoms. The third kappa shape index (κ3) is 2.42. The smallest absolute Gasteiger partial charge is 0.333 e. The molecule has 2 heterocycles. The normalized spacial score (nSPS) is 29.8. The van der Waals surface area contributed by atoms with Gasteiger partial charge in [-0.2, -0.15) is 0 Å². The van der Waals surface area contributed by atoms with Crippen molar-refractivity contribution in [1.29, 1.82) is 0 Å². The molecule has 0 spiro atoms. The molecule has 4 atom stereocenters. The summed E-state index contributed by atoms with van der Waals surface area (Å²) in [6.45, 7) is 1.79. The van der Waals surface area contributed by atoms with Crippen LogP contribution in [0.3, 0.4) is 0 Å². The van der Waals surface area contributed by atoms with Crippen LogP contribution in [0.2, 0.25) is 0 Å². The molecular weight excluding hydrogens is 268 g/mol. The van der Waals surface area contributed by atoms with Crippen molar-refractivity contribution in [3.63, 3.8) is 0 Å². The molecule has 112 valence electrons. The molecule has 1 aromatic rings. The molecule has 0 amide bonds. The molecule has 1 saturated heterocycles. The van der Waals surface area contributed by atoms with Gasteiger partial charge in [0.05, 0.1) is 6.61 Å². The lowest BCUT2D eigenvalue weighted by molar-refractivity contribution is -0.0570. The highest BCUT2D eigenvalue weighted by Crippen LogP contribution is 2.27. The van der Waals surface area contributed by atoms with Crippen LogP contribution in [0.15, 0.2) is 21.9 Å². The average Bonchev–Trinajstić information content (AvgIpc) is 2.70. The number of aromatic nitrogens is 2. The molecule has 0 saturated carbocycles. The number of hydrogen-bond donors (Lipinski definition) is 3. The fourth-order valence-corrected chi connectivity index (χ4v) is 2.27. The maximum atomic E-state index is 12.2.